The maximum Gasteiger partial charge on any atom is 0.238 e. The van der Waals surface area contributed by atoms with E-state index in [1.807, 2.05) is 39.0 Å². The van der Waals surface area contributed by atoms with E-state index in [2.05, 4.69) is 20.3 Å². The average Bonchev–Trinajstić information content (AvgIpc) is 2.98. The predicted molar refractivity (Wildman–Crippen MR) is 103 cm³/mol. The Hall–Kier alpha value is -1.89. The highest BCUT2D eigenvalue weighted by atomic mass is 35.5. The van der Waals surface area contributed by atoms with Crippen LogP contribution in [0.25, 0.3) is 0 Å². The van der Waals surface area contributed by atoms with Crippen molar-refractivity contribution in [1.82, 2.24) is 15.0 Å². The van der Waals surface area contributed by atoms with Gasteiger partial charge in [0.15, 0.2) is 0 Å². The number of carbonyl (C=O) groups is 1. The summed E-state index contributed by atoms with van der Waals surface area (Å²) in [5.41, 5.74) is 3.74. The van der Waals surface area contributed by atoms with E-state index in [0.29, 0.717) is 17.3 Å². The van der Waals surface area contributed by atoms with E-state index < -0.39 is 0 Å². The van der Waals surface area contributed by atoms with Crippen LogP contribution >= 0.6 is 11.6 Å². The molecule has 0 aliphatic carbocycles. The fourth-order valence-corrected chi connectivity index (χ4v) is 3.65. The van der Waals surface area contributed by atoms with Gasteiger partial charge in [0.05, 0.1) is 22.9 Å². The number of nitrogens with zero attached hydrogens (tertiary/aromatic N) is 3. The van der Waals surface area contributed by atoms with E-state index in [-0.39, 0.29) is 5.91 Å². The number of benzene rings is 1. The lowest BCUT2D eigenvalue weighted by Crippen LogP contribution is -2.48. The van der Waals surface area contributed by atoms with Gasteiger partial charge in [-0.25, -0.2) is 0 Å². The summed E-state index contributed by atoms with van der Waals surface area (Å²) >= 11 is 6.27. The summed E-state index contributed by atoms with van der Waals surface area (Å²) in [4.78, 5) is 16.9. The lowest BCUT2D eigenvalue weighted by Gasteiger charge is -2.33. The van der Waals surface area contributed by atoms with Crippen LogP contribution < -0.4 is 5.32 Å². The largest absolute Gasteiger partial charge is 0.361 e. The molecule has 1 aromatic heterocycles. The highest BCUT2D eigenvalue weighted by molar-refractivity contribution is 6.34. The van der Waals surface area contributed by atoms with Crippen LogP contribution in [0.4, 0.5) is 5.69 Å². The number of anilines is 1. The van der Waals surface area contributed by atoms with Crippen LogP contribution in [0.15, 0.2) is 22.7 Å². The minimum absolute atomic E-state index is 0.0283. The monoisotopic (exact) mass is 376 g/mol. The Labute approximate surface area is 159 Å². The van der Waals surface area contributed by atoms with Crippen molar-refractivity contribution in [1.29, 1.82) is 0 Å². The van der Waals surface area contributed by atoms with Crippen LogP contribution in [-0.4, -0.2) is 53.6 Å². The van der Waals surface area contributed by atoms with Gasteiger partial charge in [0.1, 0.15) is 5.76 Å². The molecule has 1 amide bonds. The molecule has 0 unspecified atom stereocenters. The third-order valence-electron chi connectivity index (χ3n) is 4.59. The van der Waals surface area contributed by atoms with Gasteiger partial charge >= 0.3 is 0 Å². The van der Waals surface area contributed by atoms with Gasteiger partial charge in [-0.2, -0.15) is 0 Å². The van der Waals surface area contributed by atoms with Crippen molar-refractivity contribution in [3.8, 4) is 0 Å². The van der Waals surface area contributed by atoms with Crippen LogP contribution in [-0.2, 0) is 11.3 Å². The average molecular weight is 377 g/mol. The maximum atomic E-state index is 12.4. The first-order chi connectivity index (χ1) is 12.4. The van der Waals surface area contributed by atoms with Gasteiger partial charge in [0, 0.05) is 38.8 Å². The number of aryl methyl sites for hydroxylation is 3. The molecule has 1 fully saturated rings. The van der Waals surface area contributed by atoms with E-state index in [1.165, 1.54) is 0 Å². The Morgan fingerprint density at radius 2 is 1.85 bits per heavy atom. The lowest BCUT2D eigenvalue weighted by atomic mass is 10.1. The third-order valence-corrected chi connectivity index (χ3v) is 4.89. The molecule has 6 nitrogen and oxygen atoms in total. The molecule has 0 radical (unpaired) electrons. The predicted octanol–water partition coefficient (Wildman–Crippen LogP) is 3.01. The summed E-state index contributed by atoms with van der Waals surface area (Å²) in [7, 11) is 0. The van der Waals surface area contributed by atoms with Gasteiger partial charge in [-0.1, -0.05) is 22.8 Å². The minimum Gasteiger partial charge on any atom is -0.361 e. The highest BCUT2D eigenvalue weighted by Gasteiger charge is 2.20. The summed E-state index contributed by atoms with van der Waals surface area (Å²) in [6, 6.07) is 5.86. The zero-order valence-electron chi connectivity index (χ0n) is 15.5. The number of carbonyl (C=O) groups excluding carboxylic acids is 1. The fraction of sp³-hybridized carbons (Fsp3) is 0.474. The summed E-state index contributed by atoms with van der Waals surface area (Å²) < 4.78 is 5.11. The van der Waals surface area contributed by atoms with Crippen molar-refractivity contribution >= 4 is 23.2 Å². The van der Waals surface area contributed by atoms with Gasteiger partial charge in [0.2, 0.25) is 5.91 Å². The molecule has 0 spiro atoms. The van der Waals surface area contributed by atoms with Crippen molar-refractivity contribution in [2.45, 2.75) is 27.3 Å². The third kappa shape index (κ3) is 4.84. The van der Waals surface area contributed by atoms with Gasteiger partial charge in [-0.3, -0.25) is 14.6 Å². The molecule has 1 aromatic carbocycles. The van der Waals surface area contributed by atoms with E-state index in [0.717, 1.165) is 55.3 Å². The second-order valence-electron chi connectivity index (χ2n) is 6.97. The van der Waals surface area contributed by atoms with Crippen LogP contribution in [0.1, 0.15) is 22.6 Å². The molecule has 1 N–H and O–H groups in total. The Morgan fingerprint density at radius 1 is 1.15 bits per heavy atom. The molecular formula is C19H25ClN4O2. The Morgan fingerprint density at radius 3 is 2.46 bits per heavy atom. The van der Waals surface area contributed by atoms with Gasteiger partial charge in [-0.05, 0) is 38.0 Å². The van der Waals surface area contributed by atoms with Crippen molar-refractivity contribution in [2.75, 3.05) is 38.0 Å². The number of amides is 1. The van der Waals surface area contributed by atoms with Gasteiger partial charge in [0.25, 0.3) is 0 Å². The molecule has 1 aliphatic rings. The molecule has 3 rings (SSSR count). The Balaban J connectivity index is 1.48. The number of nitrogens with one attached hydrogen (secondary N) is 1. The molecular weight excluding hydrogens is 352 g/mol. The standard InChI is InChI=1S/C19H25ClN4O2/c1-13-8-14(2)19(17(20)9-13)21-18(25)12-24-6-4-23(5-7-24)11-16-10-15(3)26-22-16/h8-10H,4-7,11-12H2,1-3H3,(H,21,25). The van der Waals surface area contributed by atoms with Crippen LogP contribution in [0.5, 0.6) is 0 Å². The van der Waals surface area contributed by atoms with Gasteiger partial charge in [-0.15, -0.1) is 0 Å². The first kappa shape index (κ1) is 18.9. The first-order valence-corrected chi connectivity index (χ1v) is 9.22. The van der Waals surface area contributed by atoms with Crippen LogP contribution in [0, 0.1) is 20.8 Å². The number of halogens is 1. The summed E-state index contributed by atoms with van der Waals surface area (Å²) in [6.45, 7) is 10.5. The second kappa shape index (κ2) is 8.20. The molecule has 0 bridgehead atoms. The molecule has 1 saturated heterocycles. The molecule has 2 aromatic rings. The Bertz CT molecular complexity index is 759. The zero-order valence-corrected chi connectivity index (χ0v) is 16.3. The first-order valence-electron chi connectivity index (χ1n) is 8.84. The summed E-state index contributed by atoms with van der Waals surface area (Å²) in [6.07, 6.45) is 0. The fourth-order valence-electron chi connectivity index (χ4n) is 3.28. The lowest BCUT2D eigenvalue weighted by molar-refractivity contribution is -0.117. The molecule has 26 heavy (non-hydrogen) atoms. The highest BCUT2D eigenvalue weighted by Crippen LogP contribution is 2.27. The van der Waals surface area contributed by atoms with E-state index in [9.17, 15) is 4.79 Å². The van der Waals surface area contributed by atoms with Crippen molar-refractivity contribution in [2.24, 2.45) is 0 Å². The summed E-state index contributed by atoms with van der Waals surface area (Å²) in [5, 5.41) is 7.58. The van der Waals surface area contributed by atoms with Crippen molar-refractivity contribution < 1.29 is 9.32 Å². The number of rotatable bonds is 5. The molecule has 0 saturated carbocycles. The molecule has 7 heteroatoms. The van der Waals surface area contributed by atoms with Crippen LogP contribution in [0.3, 0.4) is 0 Å². The number of hydrogen-bond donors (Lipinski definition) is 1. The van der Waals surface area contributed by atoms with Crippen LogP contribution in [0.2, 0.25) is 5.02 Å². The quantitative estimate of drug-likeness (QED) is 0.869. The van der Waals surface area contributed by atoms with Gasteiger partial charge < -0.3 is 9.84 Å². The number of hydrogen-bond acceptors (Lipinski definition) is 5. The number of aromatic nitrogens is 1. The smallest absolute Gasteiger partial charge is 0.238 e. The normalized spacial score (nSPS) is 16.0. The molecule has 140 valence electrons. The van der Waals surface area contributed by atoms with E-state index in [1.54, 1.807) is 0 Å². The zero-order chi connectivity index (χ0) is 18.7. The number of piperazine rings is 1. The summed E-state index contributed by atoms with van der Waals surface area (Å²) in [5.74, 6) is 0.805. The second-order valence-corrected chi connectivity index (χ2v) is 7.38. The molecule has 2 heterocycles. The van der Waals surface area contributed by atoms with Crippen molar-refractivity contribution in [3.05, 3.63) is 45.8 Å². The van der Waals surface area contributed by atoms with E-state index >= 15 is 0 Å². The Kier molecular flexibility index (Phi) is 5.96. The molecule has 1 aliphatic heterocycles. The minimum atomic E-state index is -0.0283. The topological polar surface area (TPSA) is 61.6 Å². The molecule has 0 atom stereocenters. The SMILES string of the molecule is Cc1cc(C)c(NC(=O)CN2CCN(Cc3cc(C)on3)CC2)c(Cl)c1. The maximum absolute atomic E-state index is 12.4. The van der Waals surface area contributed by atoms with Crippen molar-refractivity contribution in [3.63, 3.8) is 0 Å². The van der Waals surface area contributed by atoms with E-state index in [4.69, 9.17) is 16.1 Å².